The van der Waals surface area contributed by atoms with Crippen LogP contribution in [0.3, 0.4) is 0 Å². The van der Waals surface area contributed by atoms with Crippen molar-refractivity contribution in [2.75, 3.05) is 25.3 Å². The summed E-state index contributed by atoms with van der Waals surface area (Å²) in [5.41, 5.74) is 12.8. The minimum Gasteiger partial charge on any atom is -0.497 e. The molecule has 0 bridgehead atoms. The molecule has 0 aromatic heterocycles. The van der Waals surface area contributed by atoms with Gasteiger partial charge in [-0.2, -0.15) is 0 Å². The lowest BCUT2D eigenvalue weighted by Gasteiger charge is -2.30. The number of fused-ring (bicyclic) bond motifs is 1. The molecule has 216 valence electrons. The Kier molecular flexibility index (Phi) is 12.0. The lowest BCUT2D eigenvalue weighted by molar-refractivity contribution is 0.315. The van der Waals surface area contributed by atoms with Crippen LogP contribution in [0.15, 0.2) is 84.6 Å². The normalized spacial score (nSPS) is 16.8. The molecule has 3 aromatic carbocycles. The van der Waals surface area contributed by atoms with Crippen molar-refractivity contribution in [2.24, 2.45) is 5.73 Å². The van der Waals surface area contributed by atoms with Crippen LogP contribution in [0.5, 0.6) is 5.75 Å². The Labute approximate surface area is 242 Å². The summed E-state index contributed by atoms with van der Waals surface area (Å²) in [4.78, 5) is 2.44. The van der Waals surface area contributed by atoms with E-state index in [2.05, 4.69) is 95.0 Å². The van der Waals surface area contributed by atoms with Crippen molar-refractivity contribution in [3.63, 3.8) is 0 Å². The maximum absolute atomic E-state index is 7.33. The van der Waals surface area contributed by atoms with Gasteiger partial charge in [0.2, 0.25) is 5.90 Å². The number of rotatable bonds is 6. The van der Waals surface area contributed by atoms with E-state index in [0.29, 0.717) is 0 Å². The minimum atomic E-state index is -0.0577. The number of hydrogen-bond acceptors (Lipinski definition) is 5. The third kappa shape index (κ3) is 7.54. The first kappa shape index (κ1) is 32.6. The zero-order valence-corrected chi connectivity index (χ0v) is 26.0. The van der Waals surface area contributed by atoms with Gasteiger partial charge in [0, 0.05) is 28.9 Å². The van der Waals surface area contributed by atoms with Crippen LogP contribution in [0, 0.1) is 5.41 Å². The fourth-order valence-electron chi connectivity index (χ4n) is 5.17. The van der Waals surface area contributed by atoms with Gasteiger partial charge in [-0.3, -0.25) is 11.1 Å². The second-order valence-corrected chi connectivity index (χ2v) is 10.8. The predicted molar refractivity (Wildman–Crippen MR) is 171 cm³/mol. The summed E-state index contributed by atoms with van der Waals surface area (Å²) >= 11 is 0. The lowest BCUT2D eigenvalue weighted by atomic mass is 9.76. The number of ether oxygens (including phenoxy) is 2. The molecule has 0 fully saturated rings. The van der Waals surface area contributed by atoms with Crippen molar-refractivity contribution in [3.8, 4) is 5.75 Å². The molecule has 3 N–H and O–H groups in total. The van der Waals surface area contributed by atoms with Crippen LogP contribution >= 0.6 is 0 Å². The zero-order chi connectivity index (χ0) is 29.9. The van der Waals surface area contributed by atoms with Crippen LogP contribution in [0.25, 0.3) is 0 Å². The summed E-state index contributed by atoms with van der Waals surface area (Å²) in [7, 11) is 1.74. The van der Waals surface area contributed by atoms with E-state index in [1.165, 1.54) is 28.1 Å². The molecular formula is C35H49N3O2. The Hall–Kier alpha value is -3.57. The van der Waals surface area contributed by atoms with Crippen LogP contribution in [0.1, 0.15) is 77.6 Å². The number of nitrogens with one attached hydrogen (secondary N) is 1. The molecule has 1 heterocycles. The summed E-state index contributed by atoms with van der Waals surface area (Å²) < 4.78 is 10.3. The number of nitrogens with zero attached hydrogens (tertiary/aromatic N) is 1. The van der Waals surface area contributed by atoms with Crippen LogP contribution in [0.2, 0.25) is 0 Å². The van der Waals surface area contributed by atoms with Gasteiger partial charge in [-0.15, -0.1) is 0 Å². The van der Waals surface area contributed by atoms with Crippen LogP contribution < -0.4 is 15.4 Å². The van der Waals surface area contributed by atoms with Crippen LogP contribution in [-0.2, 0) is 22.0 Å². The molecule has 0 saturated heterocycles. The third-order valence-electron chi connectivity index (χ3n) is 7.18. The monoisotopic (exact) mass is 543 g/mol. The third-order valence-corrected chi connectivity index (χ3v) is 7.18. The molecule has 0 spiro atoms. The Morgan fingerprint density at radius 3 is 2.12 bits per heavy atom. The van der Waals surface area contributed by atoms with Crippen molar-refractivity contribution >= 4 is 11.6 Å². The Morgan fingerprint density at radius 1 is 1.00 bits per heavy atom. The largest absolute Gasteiger partial charge is 0.497 e. The van der Waals surface area contributed by atoms with Gasteiger partial charge in [0.05, 0.1) is 7.11 Å². The van der Waals surface area contributed by atoms with E-state index in [1.807, 2.05) is 32.0 Å². The molecule has 0 radical (unpaired) electrons. The molecule has 0 amide bonds. The van der Waals surface area contributed by atoms with Gasteiger partial charge in [0.1, 0.15) is 12.5 Å². The Morgan fingerprint density at radius 2 is 1.62 bits per heavy atom. The lowest BCUT2D eigenvalue weighted by Crippen LogP contribution is -2.30. The number of anilines is 1. The number of methoxy groups -OCH3 is 1. The van der Waals surface area contributed by atoms with Gasteiger partial charge in [-0.25, -0.2) is 0 Å². The van der Waals surface area contributed by atoms with E-state index in [1.54, 1.807) is 19.2 Å². The van der Waals surface area contributed by atoms with Gasteiger partial charge in [-0.05, 0) is 79.6 Å². The standard InChI is InChI=1S/C25H33NO.C8H10N2O.C2H6/c1-8-23-25(6,17-18-10-12-19(13-11-18)24(3,4)5)21-16-20(27-7)14-15-22(21)26(23)9-2;9-6-11-8(10)7-4-2-1-3-5-7;1-2/h8,10-16H,9,17H2,1-7H3;1-5,10H,6,9H2;1-2H3/b23-8-;;. The van der Waals surface area contributed by atoms with E-state index in [9.17, 15) is 0 Å². The molecule has 0 aliphatic carbocycles. The van der Waals surface area contributed by atoms with E-state index < -0.39 is 0 Å². The van der Waals surface area contributed by atoms with E-state index in [0.717, 1.165) is 24.3 Å². The summed E-state index contributed by atoms with van der Waals surface area (Å²) in [6.07, 6.45) is 3.26. The van der Waals surface area contributed by atoms with Gasteiger partial charge in [0.25, 0.3) is 0 Å². The molecule has 40 heavy (non-hydrogen) atoms. The zero-order valence-electron chi connectivity index (χ0n) is 26.0. The second kappa shape index (κ2) is 14.7. The molecule has 5 nitrogen and oxygen atoms in total. The highest BCUT2D eigenvalue weighted by Crippen LogP contribution is 2.50. The minimum absolute atomic E-state index is 0.0493. The molecule has 1 atom stereocenters. The number of hydrogen-bond donors (Lipinski definition) is 2. The average Bonchev–Trinajstić information content (AvgIpc) is 3.20. The highest BCUT2D eigenvalue weighted by molar-refractivity contribution is 5.91. The first-order valence-corrected chi connectivity index (χ1v) is 14.3. The summed E-state index contributed by atoms with van der Waals surface area (Å²) in [5, 5.41) is 7.33. The van der Waals surface area contributed by atoms with Crippen molar-refractivity contribution < 1.29 is 9.47 Å². The van der Waals surface area contributed by atoms with Gasteiger partial charge in [0.15, 0.2) is 0 Å². The molecule has 4 rings (SSSR count). The molecule has 5 heteroatoms. The Balaban J connectivity index is 0.000000360. The number of nitrogens with two attached hydrogens (primary N) is 1. The first-order chi connectivity index (χ1) is 19.1. The predicted octanol–water partition coefficient (Wildman–Crippen LogP) is 8.21. The van der Waals surface area contributed by atoms with Gasteiger partial charge >= 0.3 is 0 Å². The fraction of sp³-hybridized carbons (Fsp3) is 0.400. The van der Waals surface area contributed by atoms with Gasteiger partial charge < -0.3 is 14.4 Å². The van der Waals surface area contributed by atoms with E-state index in [-0.39, 0.29) is 23.5 Å². The molecular weight excluding hydrogens is 494 g/mol. The highest BCUT2D eigenvalue weighted by atomic mass is 16.5. The Bertz CT molecular complexity index is 1240. The van der Waals surface area contributed by atoms with Crippen molar-refractivity contribution in [3.05, 3.63) is 107 Å². The topological polar surface area (TPSA) is 71.6 Å². The van der Waals surface area contributed by atoms with Crippen molar-refractivity contribution in [2.45, 2.75) is 72.6 Å². The van der Waals surface area contributed by atoms with Crippen LogP contribution in [0.4, 0.5) is 5.69 Å². The van der Waals surface area contributed by atoms with E-state index >= 15 is 0 Å². The molecule has 1 unspecified atom stereocenters. The number of likely N-dealkylation sites (N-methyl/N-ethyl adjacent to an activating group) is 1. The van der Waals surface area contributed by atoms with Crippen molar-refractivity contribution in [1.29, 1.82) is 5.41 Å². The van der Waals surface area contributed by atoms with Gasteiger partial charge in [-0.1, -0.05) is 83.2 Å². The molecule has 1 aliphatic rings. The molecule has 1 aliphatic heterocycles. The smallest absolute Gasteiger partial charge is 0.214 e. The maximum atomic E-state index is 7.33. The maximum Gasteiger partial charge on any atom is 0.214 e. The fourth-order valence-corrected chi connectivity index (χ4v) is 5.17. The van der Waals surface area contributed by atoms with E-state index in [4.69, 9.17) is 20.6 Å². The van der Waals surface area contributed by atoms with Crippen LogP contribution in [-0.4, -0.2) is 26.3 Å². The summed E-state index contributed by atoms with van der Waals surface area (Å²) in [6.45, 7) is 18.6. The summed E-state index contributed by atoms with van der Waals surface area (Å²) in [6, 6.07) is 24.9. The second-order valence-electron chi connectivity index (χ2n) is 10.8. The highest BCUT2D eigenvalue weighted by Gasteiger charge is 2.43. The first-order valence-electron chi connectivity index (χ1n) is 14.3. The molecule has 3 aromatic rings. The molecule has 0 saturated carbocycles. The van der Waals surface area contributed by atoms with Crippen molar-refractivity contribution in [1.82, 2.24) is 0 Å². The summed E-state index contributed by atoms with van der Waals surface area (Å²) in [5.74, 6) is 1.05. The number of benzene rings is 3. The quantitative estimate of drug-likeness (QED) is 0.187. The SMILES string of the molecule is C/C=C1\N(CC)c2ccc(OC)cc2C1(C)Cc1ccc(C(C)(C)C)cc1.CC.N=C(OCN)c1ccccc1. The average molecular weight is 544 g/mol. The number of allylic oxidation sites excluding steroid dienone is 2.